The van der Waals surface area contributed by atoms with Crippen LogP contribution < -0.4 is 0 Å². The van der Waals surface area contributed by atoms with Gasteiger partial charge in [0.25, 0.3) is 0 Å². The number of hydrogen-bond acceptors (Lipinski definition) is 0. The molecule has 0 aromatic heterocycles. The third-order valence-corrected chi connectivity index (χ3v) is 7.84. The monoisotopic (exact) mass is 230 g/mol. The number of allylic oxidation sites excluding steroid dienone is 2. The molecule has 0 atom stereocenters. The van der Waals surface area contributed by atoms with Crippen LogP contribution in [-0.4, -0.2) is 18.4 Å². The quantitative estimate of drug-likeness (QED) is 0.560. The molecule has 50 valence electrons. The van der Waals surface area contributed by atoms with Crippen LogP contribution in [0, 0.1) is 0 Å². The van der Waals surface area contributed by atoms with Crippen molar-refractivity contribution in [2.75, 3.05) is 0 Å². The van der Waals surface area contributed by atoms with Crippen molar-refractivity contribution in [3.63, 3.8) is 0 Å². The summed E-state index contributed by atoms with van der Waals surface area (Å²) < 4.78 is 4.97. The van der Waals surface area contributed by atoms with Gasteiger partial charge in [0.05, 0.1) is 0 Å². The molecule has 1 rings (SSSR count). The van der Waals surface area contributed by atoms with Crippen molar-refractivity contribution in [1.29, 1.82) is 0 Å². The van der Waals surface area contributed by atoms with Crippen LogP contribution in [-0.2, 0) is 0 Å². The van der Waals surface area contributed by atoms with Crippen molar-refractivity contribution < 1.29 is 0 Å². The summed E-state index contributed by atoms with van der Waals surface area (Å²) in [4.78, 5) is 4.88. The molecule has 0 fully saturated rings. The van der Waals surface area contributed by atoms with E-state index in [1.165, 1.54) is 12.8 Å². The van der Waals surface area contributed by atoms with Crippen LogP contribution in [0.3, 0.4) is 0 Å². The van der Waals surface area contributed by atoms with E-state index in [0.717, 1.165) is 0 Å². The predicted molar refractivity (Wildman–Crippen MR) is 45.0 cm³/mol. The first kappa shape index (κ1) is 7.39. The molecule has 0 spiro atoms. The molecule has 1 aliphatic heterocycles. The van der Waals surface area contributed by atoms with Crippen molar-refractivity contribution in [3.8, 4) is 0 Å². The van der Waals surface area contributed by atoms with Gasteiger partial charge in [0.1, 0.15) is 0 Å². The summed E-state index contributed by atoms with van der Waals surface area (Å²) in [6.07, 6.45) is 7.24. The first-order valence-electron chi connectivity index (χ1n) is 3.56. The van der Waals surface area contributed by atoms with E-state index in [4.69, 9.17) is 0 Å². The summed E-state index contributed by atoms with van der Waals surface area (Å²) in [5.74, 6) is 0. The van der Waals surface area contributed by atoms with Gasteiger partial charge in [-0.1, -0.05) is 0 Å². The van der Waals surface area contributed by atoms with E-state index in [9.17, 15) is 0 Å². The molecule has 1 aliphatic rings. The maximum absolute atomic E-state index is 2.48. The van der Waals surface area contributed by atoms with Gasteiger partial charge in [-0.3, -0.25) is 0 Å². The van der Waals surface area contributed by atoms with E-state index >= 15 is 0 Å². The molecule has 0 N–H and O–H groups in total. The van der Waals surface area contributed by atoms with Crippen molar-refractivity contribution in [2.24, 2.45) is 0 Å². The second kappa shape index (κ2) is 2.91. The molecule has 0 aliphatic carbocycles. The van der Waals surface area contributed by atoms with Gasteiger partial charge in [0, 0.05) is 0 Å². The molecule has 0 saturated heterocycles. The predicted octanol–water partition coefficient (Wildman–Crippen LogP) is 2.68. The Hall–Kier alpha value is 0.279. The van der Waals surface area contributed by atoms with Crippen LogP contribution in [0.5, 0.6) is 0 Å². The molecule has 1 heteroatoms. The van der Waals surface area contributed by atoms with Gasteiger partial charge in [0.15, 0.2) is 0 Å². The Morgan fingerprint density at radius 1 is 1.00 bits per heavy atom. The van der Waals surface area contributed by atoms with Gasteiger partial charge in [0.2, 0.25) is 0 Å². The topological polar surface area (TPSA) is 0 Å². The number of hydrogen-bond donors (Lipinski definition) is 0. The van der Waals surface area contributed by atoms with E-state index in [0.29, 0.717) is 0 Å². The molecular formula is C8H14Sn. The molecule has 9 heavy (non-hydrogen) atoms. The molecular weight excluding hydrogens is 215 g/mol. The average Bonchev–Trinajstić information content (AvgIpc) is 1.92. The zero-order valence-corrected chi connectivity index (χ0v) is 9.08. The van der Waals surface area contributed by atoms with Crippen molar-refractivity contribution >= 4 is 18.4 Å². The molecule has 0 saturated carbocycles. The average molecular weight is 229 g/mol. The fourth-order valence-electron chi connectivity index (χ4n) is 1.02. The molecule has 0 aromatic carbocycles. The Balaban J connectivity index is 2.70. The van der Waals surface area contributed by atoms with Crippen molar-refractivity contribution in [3.05, 3.63) is 20.3 Å². The summed E-state index contributed by atoms with van der Waals surface area (Å²) in [6.45, 7) is 0. The van der Waals surface area contributed by atoms with Gasteiger partial charge in [-0.2, -0.15) is 0 Å². The summed E-state index contributed by atoms with van der Waals surface area (Å²) >= 11 is -1.67. The first-order valence-corrected chi connectivity index (χ1v) is 12.6. The summed E-state index contributed by atoms with van der Waals surface area (Å²) in [6, 6.07) is 0. The van der Waals surface area contributed by atoms with E-state index in [-0.39, 0.29) is 0 Å². The minimum absolute atomic E-state index is 1.26. The Labute approximate surface area is 61.5 Å². The SMILES string of the molecule is [CH3][Sn]1([CH3])[CH]=CCCC=[CH]1. The third-order valence-electron chi connectivity index (χ3n) is 1.59. The summed E-state index contributed by atoms with van der Waals surface area (Å²) in [7, 11) is 0. The van der Waals surface area contributed by atoms with Crippen molar-refractivity contribution in [1.82, 2.24) is 0 Å². The number of rotatable bonds is 0. The zero-order chi connectivity index (χ0) is 6.74. The molecule has 0 nitrogen and oxygen atoms in total. The van der Waals surface area contributed by atoms with E-state index < -0.39 is 18.4 Å². The van der Waals surface area contributed by atoms with Gasteiger partial charge in [-0.05, 0) is 0 Å². The third kappa shape index (κ3) is 2.57. The van der Waals surface area contributed by atoms with Crippen LogP contribution in [0.1, 0.15) is 12.8 Å². The van der Waals surface area contributed by atoms with Crippen LogP contribution in [0.2, 0.25) is 9.88 Å². The molecule has 0 bridgehead atoms. The summed E-state index contributed by atoms with van der Waals surface area (Å²) in [5, 5.41) is 0. The second-order valence-corrected chi connectivity index (χ2v) is 15.5. The fraction of sp³-hybridized carbons (Fsp3) is 0.500. The van der Waals surface area contributed by atoms with Gasteiger partial charge < -0.3 is 0 Å². The minimum atomic E-state index is -1.67. The maximum atomic E-state index is 2.48. The van der Waals surface area contributed by atoms with E-state index in [1.54, 1.807) is 0 Å². The molecule has 0 amide bonds. The van der Waals surface area contributed by atoms with Crippen molar-refractivity contribution in [2.45, 2.75) is 22.7 Å². The van der Waals surface area contributed by atoms with Crippen LogP contribution >= 0.6 is 0 Å². The van der Waals surface area contributed by atoms with E-state index in [2.05, 4.69) is 30.2 Å². The van der Waals surface area contributed by atoms with Gasteiger partial charge in [-0.25, -0.2) is 0 Å². The Morgan fingerprint density at radius 3 is 1.89 bits per heavy atom. The van der Waals surface area contributed by atoms with Gasteiger partial charge >= 0.3 is 61.4 Å². The van der Waals surface area contributed by atoms with Crippen LogP contribution in [0.4, 0.5) is 0 Å². The molecule has 0 aromatic rings. The Kier molecular flexibility index (Phi) is 2.39. The molecule has 1 heterocycles. The standard InChI is InChI=1S/C6H8.2CH3.Sn/c1-3-5-6-4-2;;;/h1-4H,5-6H2;2*1H3;. The van der Waals surface area contributed by atoms with Crippen LogP contribution in [0.25, 0.3) is 0 Å². The normalized spacial score (nSPS) is 23.8. The Bertz CT molecular complexity index is 127. The fourth-order valence-corrected chi connectivity index (χ4v) is 5.76. The Morgan fingerprint density at radius 2 is 1.44 bits per heavy atom. The van der Waals surface area contributed by atoms with Crippen LogP contribution in [0.15, 0.2) is 20.3 Å². The van der Waals surface area contributed by atoms with E-state index in [1.807, 2.05) is 0 Å². The first-order chi connectivity index (χ1) is 4.21. The molecule has 0 radical (unpaired) electrons. The second-order valence-electron chi connectivity index (χ2n) is 3.20. The van der Waals surface area contributed by atoms with Gasteiger partial charge in [-0.15, -0.1) is 0 Å². The molecule has 0 unspecified atom stereocenters. The zero-order valence-electron chi connectivity index (χ0n) is 6.22. The summed E-state index contributed by atoms with van der Waals surface area (Å²) in [5.41, 5.74) is 0.